The SMILES string of the molecule is C[Si](C)(C)CCSCc1nsc(Cl)n1. The van der Waals surface area contributed by atoms with Crippen LogP contribution >= 0.6 is 34.9 Å². The Bertz CT molecular complexity index is 285. The summed E-state index contributed by atoms with van der Waals surface area (Å²) in [6, 6.07) is 1.36. The predicted octanol–water partition coefficient (Wildman–Crippen LogP) is 3.76. The molecule has 0 saturated carbocycles. The monoisotopic (exact) mass is 266 g/mol. The molecular formula is C8H15ClN2S2Si. The second-order valence-electron chi connectivity index (χ2n) is 4.33. The lowest BCUT2D eigenvalue weighted by Gasteiger charge is -2.14. The Morgan fingerprint density at radius 1 is 1.43 bits per heavy atom. The molecule has 0 aliphatic rings. The van der Waals surface area contributed by atoms with Crippen LogP contribution in [0.15, 0.2) is 0 Å². The number of nitrogens with zero attached hydrogens (tertiary/aromatic N) is 2. The zero-order valence-electron chi connectivity index (χ0n) is 8.71. The topological polar surface area (TPSA) is 25.8 Å². The third kappa shape index (κ3) is 5.34. The van der Waals surface area contributed by atoms with Crippen molar-refractivity contribution in [3.05, 3.63) is 10.3 Å². The van der Waals surface area contributed by atoms with Crippen molar-refractivity contribution in [3.63, 3.8) is 0 Å². The maximum Gasteiger partial charge on any atom is 0.203 e. The minimum Gasteiger partial charge on any atom is -0.207 e. The summed E-state index contributed by atoms with van der Waals surface area (Å²) in [6.07, 6.45) is 0. The maximum atomic E-state index is 5.69. The molecule has 1 aromatic heterocycles. The van der Waals surface area contributed by atoms with E-state index in [1.54, 1.807) is 0 Å². The molecule has 0 amide bonds. The standard InChI is InChI=1S/C8H15ClN2S2Si/c1-14(2,3)5-4-12-6-7-10-8(9)13-11-7/h4-6H2,1-3H3. The first kappa shape index (κ1) is 12.5. The van der Waals surface area contributed by atoms with E-state index in [0.29, 0.717) is 4.47 Å². The van der Waals surface area contributed by atoms with Gasteiger partial charge in [-0.25, -0.2) is 4.98 Å². The second-order valence-corrected chi connectivity index (χ2v) is 12.4. The molecule has 0 saturated heterocycles. The first-order valence-electron chi connectivity index (χ1n) is 4.53. The van der Waals surface area contributed by atoms with Gasteiger partial charge in [0, 0.05) is 8.07 Å². The van der Waals surface area contributed by atoms with Crippen LogP contribution in [0.3, 0.4) is 0 Å². The molecule has 0 atom stereocenters. The minimum atomic E-state index is -0.875. The molecule has 80 valence electrons. The van der Waals surface area contributed by atoms with E-state index in [-0.39, 0.29) is 0 Å². The Kier molecular flexibility index (Phi) is 4.89. The number of hydrogen-bond donors (Lipinski definition) is 0. The van der Waals surface area contributed by atoms with Gasteiger partial charge in [0.25, 0.3) is 0 Å². The van der Waals surface area contributed by atoms with Gasteiger partial charge in [0.05, 0.1) is 5.75 Å². The molecule has 0 N–H and O–H groups in total. The van der Waals surface area contributed by atoms with Gasteiger partial charge in [-0.2, -0.15) is 16.1 Å². The lowest BCUT2D eigenvalue weighted by Crippen LogP contribution is -2.19. The van der Waals surface area contributed by atoms with Crippen molar-refractivity contribution in [1.82, 2.24) is 9.36 Å². The normalized spacial score (nSPS) is 12.0. The Balaban J connectivity index is 2.16. The van der Waals surface area contributed by atoms with Crippen LogP contribution in [-0.4, -0.2) is 23.2 Å². The minimum absolute atomic E-state index is 0.547. The fourth-order valence-corrected chi connectivity index (χ4v) is 5.03. The van der Waals surface area contributed by atoms with Crippen LogP contribution in [0.2, 0.25) is 30.2 Å². The maximum absolute atomic E-state index is 5.69. The highest BCUT2D eigenvalue weighted by atomic mass is 35.5. The molecule has 1 rings (SSSR count). The third-order valence-electron chi connectivity index (χ3n) is 1.67. The molecule has 14 heavy (non-hydrogen) atoms. The zero-order valence-corrected chi connectivity index (χ0v) is 12.1. The van der Waals surface area contributed by atoms with Crippen molar-refractivity contribution in [2.24, 2.45) is 0 Å². The fourth-order valence-electron chi connectivity index (χ4n) is 0.833. The summed E-state index contributed by atoms with van der Waals surface area (Å²) >= 11 is 8.86. The first-order chi connectivity index (χ1) is 6.47. The van der Waals surface area contributed by atoms with Crippen molar-refractivity contribution in [2.45, 2.75) is 31.4 Å². The molecular weight excluding hydrogens is 252 g/mol. The van der Waals surface area contributed by atoms with Gasteiger partial charge in [0.15, 0.2) is 5.82 Å². The van der Waals surface area contributed by atoms with E-state index in [0.717, 1.165) is 11.6 Å². The summed E-state index contributed by atoms with van der Waals surface area (Å²) < 4.78 is 4.69. The molecule has 0 unspecified atom stereocenters. The van der Waals surface area contributed by atoms with Crippen LogP contribution in [0.5, 0.6) is 0 Å². The zero-order chi connectivity index (χ0) is 10.6. The molecule has 0 radical (unpaired) electrons. The van der Waals surface area contributed by atoms with Gasteiger partial charge >= 0.3 is 0 Å². The van der Waals surface area contributed by atoms with Gasteiger partial charge in [-0.05, 0) is 34.9 Å². The average molecular weight is 267 g/mol. The lowest BCUT2D eigenvalue weighted by atomic mass is 10.7. The number of hydrogen-bond acceptors (Lipinski definition) is 4. The van der Waals surface area contributed by atoms with Gasteiger partial charge < -0.3 is 0 Å². The van der Waals surface area contributed by atoms with Gasteiger partial charge in [0.2, 0.25) is 4.47 Å². The summed E-state index contributed by atoms with van der Waals surface area (Å²) in [4.78, 5) is 4.11. The van der Waals surface area contributed by atoms with Crippen molar-refractivity contribution >= 4 is 43.0 Å². The average Bonchev–Trinajstić information content (AvgIpc) is 2.44. The fraction of sp³-hybridized carbons (Fsp3) is 0.750. The largest absolute Gasteiger partial charge is 0.207 e. The quantitative estimate of drug-likeness (QED) is 0.600. The molecule has 1 aromatic rings. The van der Waals surface area contributed by atoms with Crippen LogP contribution in [0.4, 0.5) is 0 Å². The summed E-state index contributed by atoms with van der Waals surface area (Å²) in [6.45, 7) is 7.18. The molecule has 0 aliphatic heterocycles. The van der Waals surface area contributed by atoms with Gasteiger partial charge in [-0.3, -0.25) is 0 Å². The Hall–Kier alpha value is 0.417. The number of rotatable bonds is 5. The molecule has 0 spiro atoms. The number of thioether (sulfide) groups is 1. The molecule has 0 aromatic carbocycles. The summed E-state index contributed by atoms with van der Waals surface area (Å²) in [5.41, 5.74) is 0. The second kappa shape index (κ2) is 5.49. The Morgan fingerprint density at radius 3 is 2.64 bits per heavy atom. The van der Waals surface area contributed by atoms with Crippen LogP contribution in [0.25, 0.3) is 0 Å². The van der Waals surface area contributed by atoms with Crippen LogP contribution in [-0.2, 0) is 5.75 Å². The number of aromatic nitrogens is 2. The van der Waals surface area contributed by atoms with E-state index in [1.165, 1.54) is 23.3 Å². The highest BCUT2D eigenvalue weighted by Gasteiger charge is 2.12. The Morgan fingerprint density at radius 2 is 2.14 bits per heavy atom. The molecule has 0 fully saturated rings. The summed E-state index contributed by atoms with van der Waals surface area (Å²) in [7, 11) is -0.875. The molecule has 2 nitrogen and oxygen atoms in total. The van der Waals surface area contributed by atoms with Crippen molar-refractivity contribution in [2.75, 3.05) is 5.75 Å². The highest BCUT2D eigenvalue weighted by molar-refractivity contribution is 7.98. The van der Waals surface area contributed by atoms with Gasteiger partial charge in [0.1, 0.15) is 0 Å². The lowest BCUT2D eigenvalue weighted by molar-refractivity contribution is 1.14. The summed E-state index contributed by atoms with van der Waals surface area (Å²) in [5.74, 6) is 2.99. The van der Waals surface area contributed by atoms with Crippen LogP contribution in [0.1, 0.15) is 5.82 Å². The van der Waals surface area contributed by atoms with E-state index in [4.69, 9.17) is 11.6 Å². The van der Waals surface area contributed by atoms with Crippen molar-refractivity contribution in [1.29, 1.82) is 0 Å². The van der Waals surface area contributed by atoms with Crippen molar-refractivity contribution in [3.8, 4) is 0 Å². The highest BCUT2D eigenvalue weighted by Crippen LogP contribution is 2.18. The van der Waals surface area contributed by atoms with E-state index < -0.39 is 8.07 Å². The molecule has 0 aliphatic carbocycles. The predicted molar refractivity (Wildman–Crippen MR) is 69.2 cm³/mol. The number of halogens is 1. The van der Waals surface area contributed by atoms with Gasteiger partial charge in [-0.1, -0.05) is 19.6 Å². The summed E-state index contributed by atoms with van der Waals surface area (Å²) in [5, 5.41) is 0. The molecule has 6 heteroatoms. The van der Waals surface area contributed by atoms with Crippen LogP contribution in [0, 0.1) is 0 Å². The first-order valence-corrected chi connectivity index (χ1v) is 10.5. The van der Waals surface area contributed by atoms with E-state index in [9.17, 15) is 0 Å². The van der Waals surface area contributed by atoms with E-state index >= 15 is 0 Å². The van der Waals surface area contributed by atoms with Gasteiger partial charge in [-0.15, -0.1) is 0 Å². The van der Waals surface area contributed by atoms with E-state index in [2.05, 4.69) is 29.0 Å². The van der Waals surface area contributed by atoms with Crippen molar-refractivity contribution < 1.29 is 0 Å². The Labute approximate surface area is 99.6 Å². The van der Waals surface area contributed by atoms with Crippen LogP contribution < -0.4 is 0 Å². The molecule has 1 heterocycles. The smallest absolute Gasteiger partial charge is 0.203 e. The third-order valence-corrected chi connectivity index (χ3v) is 5.57. The van der Waals surface area contributed by atoms with E-state index in [1.807, 2.05) is 11.8 Å². The molecule has 0 bridgehead atoms.